The van der Waals surface area contributed by atoms with Crippen molar-refractivity contribution in [3.8, 4) is 12.3 Å². The number of hydrogen-bond acceptors (Lipinski definition) is 9. The van der Waals surface area contributed by atoms with Gasteiger partial charge in [0.2, 0.25) is 5.28 Å². The number of halogens is 1. The van der Waals surface area contributed by atoms with Gasteiger partial charge >= 0.3 is 5.97 Å². The molecule has 256 valence electrons. The molecular weight excluding hydrogens is 618 g/mol. The fourth-order valence-corrected chi connectivity index (χ4v) is 11.5. The van der Waals surface area contributed by atoms with E-state index < -0.39 is 17.9 Å². The molecular formula is C36H50ClN5O5. The van der Waals surface area contributed by atoms with E-state index in [2.05, 4.69) is 41.6 Å². The summed E-state index contributed by atoms with van der Waals surface area (Å²) < 4.78 is 13.5. The van der Waals surface area contributed by atoms with Gasteiger partial charge in [-0.2, -0.15) is 9.97 Å². The summed E-state index contributed by atoms with van der Waals surface area (Å²) in [4.78, 5) is 25.5. The molecule has 0 amide bonds. The second kappa shape index (κ2) is 12.2. The molecule has 10 nitrogen and oxygen atoms in total. The van der Waals surface area contributed by atoms with Gasteiger partial charge in [0.1, 0.15) is 24.5 Å². The Morgan fingerprint density at radius 2 is 1.91 bits per heavy atom. The first-order chi connectivity index (χ1) is 22.4. The van der Waals surface area contributed by atoms with Gasteiger partial charge in [0.05, 0.1) is 12.4 Å². The minimum absolute atomic E-state index is 0.0288. The van der Waals surface area contributed by atoms with E-state index in [0.717, 1.165) is 37.0 Å². The zero-order valence-corrected chi connectivity index (χ0v) is 28.7. The first kappa shape index (κ1) is 33.1. The molecule has 7 rings (SSSR count). The molecule has 12 atom stereocenters. The summed E-state index contributed by atoms with van der Waals surface area (Å²) in [7, 11) is 0. The van der Waals surface area contributed by atoms with Crippen molar-refractivity contribution in [3.63, 3.8) is 0 Å². The number of ether oxygens (including phenoxy) is 2. The molecule has 0 aromatic carbocycles. The maximum Gasteiger partial charge on any atom is 0.305 e. The molecule has 0 bridgehead atoms. The van der Waals surface area contributed by atoms with Gasteiger partial charge in [-0.05, 0) is 122 Å². The van der Waals surface area contributed by atoms with Crippen molar-refractivity contribution >= 4 is 34.6 Å². The van der Waals surface area contributed by atoms with Crippen LogP contribution < -0.4 is 5.73 Å². The van der Waals surface area contributed by atoms with Crippen LogP contribution in [0.15, 0.2) is 6.33 Å². The maximum absolute atomic E-state index is 13.1. The number of nitrogens with two attached hydrogens (primary N) is 1. The fraction of sp³-hybridized carbons (Fsp3) is 0.778. The number of esters is 1. The van der Waals surface area contributed by atoms with Crippen LogP contribution in [0.1, 0.15) is 104 Å². The van der Waals surface area contributed by atoms with E-state index in [1.165, 1.54) is 51.3 Å². The van der Waals surface area contributed by atoms with Gasteiger partial charge in [-0.3, -0.25) is 9.36 Å². The molecule has 4 aliphatic carbocycles. The van der Waals surface area contributed by atoms with Crippen LogP contribution in [0.3, 0.4) is 0 Å². The SMILES string of the molecule is C#C[C@]1(COC(=O)CC[C@@H](C)[C@H]2CC[C@H]3[C@@H]4CC[C@@H]5C[C@H](O)CC[C@]5(C)[C@H]4CC[C@]23C)O[C@@H](n2cnc3c(N)nc(Cl)nc32)C[C@@H]1O. The van der Waals surface area contributed by atoms with Gasteiger partial charge in [-0.25, -0.2) is 4.98 Å². The zero-order valence-electron chi connectivity index (χ0n) is 27.9. The van der Waals surface area contributed by atoms with Gasteiger partial charge < -0.3 is 25.4 Å². The number of terminal acetylenes is 1. The Bertz CT molecular complexity index is 1560. The van der Waals surface area contributed by atoms with Crippen molar-refractivity contribution in [2.45, 2.75) is 122 Å². The molecule has 2 aromatic rings. The van der Waals surface area contributed by atoms with Crippen LogP contribution in [-0.2, 0) is 14.3 Å². The minimum atomic E-state index is -1.50. The summed E-state index contributed by atoms with van der Waals surface area (Å²) in [5, 5.41) is 21.3. The summed E-state index contributed by atoms with van der Waals surface area (Å²) in [5.74, 6) is 6.35. The van der Waals surface area contributed by atoms with Gasteiger partial charge in [0.15, 0.2) is 17.1 Å². The Balaban J connectivity index is 0.946. The summed E-state index contributed by atoms with van der Waals surface area (Å²) in [6.45, 7) is 7.16. The van der Waals surface area contributed by atoms with E-state index in [1.54, 1.807) is 4.57 Å². The van der Waals surface area contributed by atoms with Crippen LogP contribution in [0.2, 0.25) is 5.28 Å². The molecule has 2 aromatic heterocycles. The first-order valence-electron chi connectivity index (χ1n) is 17.7. The van der Waals surface area contributed by atoms with Gasteiger partial charge in [0, 0.05) is 12.8 Å². The van der Waals surface area contributed by atoms with Gasteiger partial charge in [-0.1, -0.05) is 26.7 Å². The van der Waals surface area contributed by atoms with Crippen LogP contribution in [0.25, 0.3) is 11.2 Å². The van der Waals surface area contributed by atoms with Gasteiger partial charge in [-0.15, -0.1) is 6.42 Å². The van der Waals surface area contributed by atoms with E-state index in [9.17, 15) is 15.0 Å². The minimum Gasteiger partial charge on any atom is -0.461 e. The lowest BCUT2D eigenvalue weighted by molar-refractivity contribution is -0.157. The molecule has 11 heteroatoms. The number of hydrogen-bond donors (Lipinski definition) is 3. The summed E-state index contributed by atoms with van der Waals surface area (Å²) in [5.41, 5.74) is 5.87. The average Bonchev–Trinajstić information content (AvgIpc) is 3.72. The third kappa shape index (κ3) is 5.44. The number of nitrogens with zero attached hydrogens (tertiary/aromatic N) is 4. The van der Waals surface area contributed by atoms with E-state index >= 15 is 0 Å². The molecule has 0 radical (unpaired) electrons. The van der Waals surface area contributed by atoms with Crippen molar-refractivity contribution in [2.75, 3.05) is 12.3 Å². The molecule has 0 unspecified atom stereocenters. The highest BCUT2D eigenvalue weighted by atomic mass is 35.5. The van der Waals surface area contributed by atoms with Crippen molar-refractivity contribution in [3.05, 3.63) is 11.6 Å². The Hall–Kier alpha value is -2.45. The van der Waals surface area contributed by atoms with Crippen molar-refractivity contribution < 1.29 is 24.5 Å². The van der Waals surface area contributed by atoms with Crippen molar-refractivity contribution in [1.82, 2.24) is 19.5 Å². The van der Waals surface area contributed by atoms with E-state index in [1.807, 2.05) is 0 Å². The molecule has 1 aliphatic heterocycles. The van der Waals surface area contributed by atoms with Crippen LogP contribution in [0.5, 0.6) is 0 Å². The lowest BCUT2D eigenvalue weighted by Gasteiger charge is -2.61. The number of carbonyl (C=O) groups is 1. The summed E-state index contributed by atoms with van der Waals surface area (Å²) in [6.07, 6.45) is 17.5. The Morgan fingerprint density at radius 1 is 1.15 bits per heavy atom. The topological polar surface area (TPSA) is 146 Å². The largest absolute Gasteiger partial charge is 0.461 e. The van der Waals surface area contributed by atoms with Crippen LogP contribution in [-0.4, -0.2) is 60.1 Å². The quantitative estimate of drug-likeness (QED) is 0.192. The smallest absolute Gasteiger partial charge is 0.305 e. The molecule has 1 saturated heterocycles. The Kier molecular flexibility index (Phi) is 8.55. The highest BCUT2D eigenvalue weighted by molar-refractivity contribution is 6.28. The molecule has 3 heterocycles. The number of imidazole rings is 1. The Labute approximate surface area is 282 Å². The lowest BCUT2D eigenvalue weighted by Crippen LogP contribution is -2.54. The second-order valence-electron chi connectivity index (χ2n) is 16.0. The second-order valence-corrected chi connectivity index (χ2v) is 16.4. The van der Waals surface area contributed by atoms with Crippen molar-refractivity contribution in [2.24, 2.45) is 46.3 Å². The monoisotopic (exact) mass is 667 g/mol. The lowest BCUT2D eigenvalue weighted by atomic mass is 9.44. The third-order valence-electron chi connectivity index (χ3n) is 13.9. The predicted molar refractivity (Wildman–Crippen MR) is 178 cm³/mol. The highest BCUT2D eigenvalue weighted by Gasteiger charge is 2.60. The molecule has 5 aliphatic rings. The summed E-state index contributed by atoms with van der Waals surface area (Å²) >= 11 is 6.02. The highest BCUT2D eigenvalue weighted by Crippen LogP contribution is 2.68. The number of fused-ring (bicyclic) bond motifs is 6. The number of aliphatic hydroxyl groups is 2. The number of aromatic nitrogens is 4. The number of anilines is 1. The normalized spacial score (nSPS) is 41.9. The number of nitrogen functional groups attached to an aromatic ring is 1. The van der Waals surface area contributed by atoms with Crippen LogP contribution in [0, 0.1) is 58.7 Å². The fourth-order valence-electron chi connectivity index (χ4n) is 11.4. The molecule has 47 heavy (non-hydrogen) atoms. The van der Waals surface area contributed by atoms with Gasteiger partial charge in [0.25, 0.3) is 0 Å². The Morgan fingerprint density at radius 3 is 2.70 bits per heavy atom. The first-order valence-corrected chi connectivity index (χ1v) is 18.1. The predicted octanol–water partition coefficient (Wildman–Crippen LogP) is 5.69. The van der Waals surface area contributed by atoms with Crippen LogP contribution in [0.4, 0.5) is 5.82 Å². The number of carbonyl (C=O) groups excluding carboxylic acids is 1. The van der Waals surface area contributed by atoms with E-state index in [-0.39, 0.29) is 36.2 Å². The van der Waals surface area contributed by atoms with E-state index in [0.29, 0.717) is 46.2 Å². The van der Waals surface area contributed by atoms with E-state index in [4.69, 9.17) is 33.2 Å². The average molecular weight is 668 g/mol. The molecule has 5 fully saturated rings. The molecule has 4 saturated carbocycles. The summed E-state index contributed by atoms with van der Waals surface area (Å²) in [6, 6.07) is 0. The van der Waals surface area contributed by atoms with Crippen molar-refractivity contribution in [1.29, 1.82) is 0 Å². The molecule has 0 spiro atoms. The van der Waals surface area contributed by atoms with Crippen LogP contribution >= 0.6 is 11.6 Å². The zero-order chi connectivity index (χ0) is 33.3. The third-order valence-corrected chi connectivity index (χ3v) is 14.1. The maximum atomic E-state index is 13.1. The molecule has 4 N–H and O–H groups in total. The number of aliphatic hydroxyl groups excluding tert-OH is 2. The standard InChI is InChI=1S/C36H50ClN5O5/c1-5-36(27(44)17-28(47-36)42-19-39-30-31(38)40-33(37)41-32(30)42)18-46-29(45)11-6-20(2)24-9-10-25-23-8-7-21-16-22(43)12-14-34(21,3)26(23)13-15-35(24,25)4/h1,19-28,43-44H,6-18H2,2-4H3,(H2,38,40,41)/t20-,21-,22-,23+,24-,25+,26+,27+,28-,34+,35-,36-/m1/s1. The number of rotatable bonds is 7.